The highest BCUT2D eigenvalue weighted by molar-refractivity contribution is 5.95. The minimum absolute atomic E-state index is 0.00420. The molecular formula is C20H21FN2O2. The zero-order chi connectivity index (χ0) is 17.8. The Kier molecular flexibility index (Phi) is 5.12. The van der Waals surface area contributed by atoms with Crippen LogP contribution in [0.5, 0.6) is 0 Å². The molecule has 2 aromatic rings. The molecule has 0 spiro atoms. The van der Waals surface area contributed by atoms with Gasteiger partial charge in [-0.05, 0) is 36.8 Å². The quantitative estimate of drug-likeness (QED) is 0.910. The molecular weight excluding hydrogens is 319 g/mol. The lowest BCUT2D eigenvalue weighted by Crippen LogP contribution is -2.32. The SMILES string of the molecule is Cc1cccc(CC(=O)NC[C@H]2CC(=O)N(c3ccc(F)cc3)C2)c1. The molecule has 1 aliphatic rings. The molecule has 2 amide bonds. The van der Waals surface area contributed by atoms with Crippen molar-refractivity contribution in [1.82, 2.24) is 5.32 Å². The maximum Gasteiger partial charge on any atom is 0.227 e. The van der Waals surface area contributed by atoms with Crippen LogP contribution in [0.15, 0.2) is 48.5 Å². The number of hydrogen-bond acceptors (Lipinski definition) is 2. The zero-order valence-electron chi connectivity index (χ0n) is 14.2. The number of aryl methyl sites for hydroxylation is 1. The van der Waals surface area contributed by atoms with Crippen molar-refractivity contribution < 1.29 is 14.0 Å². The van der Waals surface area contributed by atoms with Crippen LogP contribution in [0, 0.1) is 18.7 Å². The summed E-state index contributed by atoms with van der Waals surface area (Å²) in [5.41, 5.74) is 2.80. The number of hydrogen-bond donors (Lipinski definition) is 1. The van der Waals surface area contributed by atoms with Crippen LogP contribution in [-0.2, 0) is 16.0 Å². The van der Waals surface area contributed by atoms with E-state index in [1.807, 2.05) is 31.2 Å². The van der Waals surface area contributed by atoms with E-state index in [1.165, 1.54) is 12.1 Å². The van der Waals surface area contributed by atoms with E-state index in [0.29, 0.717) is 31.6 Å². The topological polar surface area (TPSA) is 49.4 Å². The number of halogens is 1. The molecule has 130 valence electrons. The molecule has 1 heterocycles. The van der Waals surface area contributed by atoms with E-state index in [1.54, 1.807) is 17.0 Å². The van der Waals surface area contributed by atoms with Crippen LogP contribution in [0.2, 0.25) is 0 Å². The van der Waals surface area contributed by atoms with Gasteiger partial charge in [-0.2, -0.15) is 0 Å². The maximum atomic E-state index is 13.0. The number of amides is 2. The number of carbonyl (C=O) groups is 2. The van der Waals surface area contributed by atoms with Gasteiger partial charge in [0.05, 0.1) is 6.42 Å². The molecule has 0 aliphatic carbocycles. The predicted molar refractivity (Wildman–Crippen MR) is 94.8 cm³/mol. The summed E-state index contributed by atoms with van der Waals surface area (Å²) in [5, 5.41) is 2.92. The molecule has 4 nitrogen and oxygen atoms in total. The molecule has 5 heteroatoms. The van der Waals surface area contributed by atoms with Gasteiger partial charge in [-0.1, -0.05) is 29.8 Å². The van der Waals surface area contributed by atoms with Crippen molar-refractivity contribution in [2.24, 2.45) is 5.92 Å². The Bertz CT molecular complexity index is 774. The van der Waals surface area contributed by atoms with E-state index < -0.39 is 0 Å². The standard InChI is InChI=1S/C20H21FN2O2/c1-14-3-2-4-15(9-14)10-19(24)22-12-16-11-20(25)23(13-16)18-7-5-17(21)6-8-18/h2-9,16H,10-13H2,1H3,(H,22,24)/t16-/m1/s1. The van der Waals surface area contributed by atoms with Crippen molar-refractivity contribution in [1.29, 1.82) is 0 Å². The van der Waals surface area contributed by atoms with Crippen molar-refractivity contribution >= 4 is 17.5 Å². The lowest BCUT2D eigenvalue weighted by molar-refractivity contribution is -0.121. The minimum atomic E-state index is -0.324. The molecule has 25 heavy (non-hydrogen) atoms. The van der Waals surface area contributed by atoms with Crippen molar-refractivity contribution in [3.8, 4) is 0 Å². The van der Waals surface area contributed by atoms with Crippen molar-refractivity contribution in [2.75, 3.05) is 18.0 Å². The summed E-state index contributed by atoms with van der Waals surface area (Å²) in [6.45, 7) is 3.00. The molecule has 3 rings (SSSR count). The van der Waals surface area contributed by atoms with Gasteiger partial charge in [0.15, 0.2) is 0 Å². The minimum Gasteiger partial charge on any atom is -0.355 e. The van der Waals surface area contributed by atoms with Crippen molar-refractivity contribution in [3.05, 3.63) is 65.5 Å². The van der Waals surface area contributed by atoms with Gasteiger partial charge >= 0.3 is 0 Å². The Morgan fingerprint density at radius 2 is 2.00 bits per heavy atom. The average Bonchev–Trinajstić information content (AvgIpc) is 2.95. The molecule has 0 saturated carbocycles. The van der Waals surface area contributed by atoms with Gasteiger partial charge in [0, 0.05) is 31.1 Å². The average molecular weight is 340 g/mol. The second-order valence-corrected chi connectivity index (χ2v) is 6.52. The van der Waals surface area contributed by atoms with Crippen LogP contribution >= 0.6 is 0 Å². The second-order valence-electron chi connectivity index (χ2n) is 6.52. The van der Waals surface area contributed by atoms with Crippen LogP contribution in [0.1, 0.15) is 17.5 Å². The zero-order valence-corrected chi connectivity index (χ0v) is 14.2. The number of nitrogens with zero attached hydrogens (tertiary/aromatic N) is 1. The van der Waals surface area contributed by atoms with Crippen LogP contribution in [-0.4, -0.2) is 24.9 Å². The maximum absolute atomic E-state index is 13.0. The summed E-state index contributed by atoms with van der Waals surface area (Å²) in [6.07, 6.45) is 0.728. The van der Waals surface area contributed by atoms with E-state index in [0.717, 1.165) is 11.1 Å². The third-order valence-corrected chi connectivity index (χ3v) is 4.38. The van der Waals surface area contributed by atoms with Crippen LogP contribution in [0.3, 0.4) is 0 Å². The van der Waals surface area contributed by atoms with Crippen molar-refractivity contribution in [3.63, 3.8) is 0 Å². The fourth-order valence-corrected chi connectivity index (χ4v) is 3.12. The number of carbonyl (C=O) groups excluding carboxylic acids is 2. The lowest BCUT2D eigenvalue weighted by atomic mass is 10.1. The van der Waals surface area contributed by atoms with E-state index in [2.05, 4.69) is 5.32 Å². The van der Waals surface area contributed by atoms with Crippen LogP contribution in [0.4, 0.5) is 10.1 Å². The van der Waals surface area contributed by atoms with E-state index >= 15 is 0 Å². The molecule has 1 aliphatic heterocycles. The summed E-state index contributed by atoms with van der Waals surface area (Å²) in [6, 6.07) is 13.8. The second kappa shape index (κ2) is 7.47. The molecule has 1 N–H and O–H groups in total. The molecule has 0 aromatic heterocycles. The van der Waals surface area contributed by atoms with Gasteiger partial charge < -0.3 is 10.2 Å². The van der Waals surface area contributed by atoms with Crippen LogP contribution < -0.4 is 10.2 Å². The first-order chi connectivity index (χ1) is 12.0. The Hall–Kier alpha value is -2.69. The first-order valence-corrected chi connectivity index (χ1v) is 8.39. The summed E-state index contributed by atoms with van der Waals surface area (Å²) in [7, 11) is 0. The Morgan fingerprint density at radius 1 is 1.24 bits per heavy atom. The Labute approximate surface area is 146 Å². The smallest absolute Gasteiger partial charge is 0.227 e. The number of anilines is 1. The fraction of sp³-hybridized carbons (Fsp3) is 0.300. The number of rotatable bonds is 5. The van der Waals surface area contributed by atoms with Gasteiger partial charge in [0.1, 0.15) is 5.82 Å². The van der Waals surface area contributed by atoms with Gasteiger partial charge in [0.2, 0.25) is 11.8 Å². The van der Waals surface area contributed by atoms with Gasteiger partial charge in [-0.25, -0.2) is 4.39 Å². The molecule has 0 radical (unpaired) electrons. The largest absolute Gasteiger partial charge is 0.355 e. The molecule has 1 fully saturated rings. The monoisotopic (exact) mass is 340 g/mol. The molecule has 2 aromatic carbocycles. The summed E-state index contributed by atoms with van der Waals surface area (Å²) >= 11 is 0. The van der Waals surface area contributed by atoms with Crippen LogP contribution in [0.25, 0.3) is 0 Å². The third-order valence-electron chi connectivity index (χ3n) is 4.38. The van der Waals surface area contributed by atoms with E-state index in [-0.39, 0.29) is 23.5 Å². The van der Waals surface area contributed by atoms with Gasteiger partial charge in [-0.15, -0.1) is 0 Å². The van der Waals surface area contributed by atoms with Crippen molar-refractivity contribution in [2.45, 2.75) is 19.8 Å². The van der Waals surface area contributed by atoms with Gasteiger partial charge in [0.25, 0.3) is 0 Å². The highest BCUT2D eigenvalue weighted by Gasteiger charge is 2.30. The summed E-state index contributed by atoms with van der Waals surface area (Å²) in [5.74, 6) is -0.294. The highest BCUT2D eigenvalue weighted by Crippen LogP contribution is 2.24. The van der Waals surface area contributed by atoms with E-state index in [4.69, 9.17) is 0 Å². The molecule has 0 bridgehead atoms. The highest BCUT2D eigenvalue weighted by atomic mass is 19.1. The third kappa shape index (κ3) is 4.44. The first kappa shape index (κ1) is 17.1. The molecule has 0 unspecified atom stereocenters. The predicted octanol–water partition coefficient (Wildman–Crippen LogP) is 2.85. The molecule has 1 saturated heterocycles. The molecule has 1 atom stereocenters. The lowest BCUT2D eigenvalue weighted by Gasteiger charge is -2.17. The fourth-order valence-electron chi connectivity index (χ4n) is 3.12. The Balaban J connectivity index is 1.51. The number of benzene rings is 2. The van der Waals surface area contributed by atoms with Gasteiger partial charge in [-0.3, -0.25) is 9.59 Å². The summed E-state index contributed by atoms with van der Waals surface area (Å²) < 4.78 is 13.0. The van der Waals surface area contributed by atoms with E-state index in [9.17, 15) is 14.0 Å². The normalized spacial score (nSPS) is 17.0. The Morgan fingerprint density at radius 3 is 2.72 bits per heavy atom. The number of nitrogens with one attached hydrogen (secondary N) is 1. The summed E-state index contributed by atoms with van der Waals surface area (Å²) in [4.78, 5) is 25.9. The first-order valence-electron chi connectivity index (χ1n) is 8.39.